The first-order valence-corrected chi connectivity index (χ1v) is 2.49. The summed E-state index contributed by atoms with van der Waals surface area (Å²) >= 11 is 0. The van der Waals surface area contributed by atoms with Gasteiger partial charge in [0.2, 0.25) is 0 Å². The first kappa shape index (κ1) is 3.61. The van der Waals surface area contributed by atoms with E-state index in [1.54, 1.807) is 0 Å². The zero-order valence-electron chi connectivity index (χ0n) is 5.11. The molecule has 0 aromatic carbocycles. The van der Waals surface area contributed by atoms with Crippen molar-refractivity contribution in [3.05, 3.63) is 0 Å². The van der Waals surface area contributed by atoms with E-state index in [0.29, 0.717) is 12.3 Å². The molecule has 1 saturated heterocycles. The minimum absolute atomic E-state index is 0.434. The maximum absolute atomic E-state index is 10.1. The molecule has 1 aliphatic rings. The zero-order valence-corrected chi connectivity index (χ0v) is 4.11. The molecule has 0 spiro atoms. The number of hydrogen-bond donors (Lipinski definition) is 1. The maximum atomic E-state index is 10.1. The van der Waals surface area contributed by atoms with E-state index in [0.717, 1.165) is 13.1 Å². The molecule has 0 aliphatic carbocycles. The fourth-order valence-electron chi connectivity index (χ4n) is 0.611. The summed E-state index contributed by atoms with van der Waals surface area (Å²) in [6, 6.07) is 0. The third-order valence-electron chi connectivity index (χ3n) is 1.24. The molecule has 1 fully saturated rings. The third-order valence-corrected chi connectivity index (χ3v) is 1.24. The third kappa shape index (κ3) is 0.996. The van der Waals surface area contributed by atoms with Gasteiger partial charge in [-0.25, -0.2) is 0 Å². The van der Waals surface area contributed by atoms with Gasteiger partial charge in [0, 0.05) is 6.42 Å². The lowest BCUT2D eigenvalue weighted by Crippen LogP contribution is -2.41. The molecule has 0 saturated carbocycles. The summed E-state index contributed by atoms with van der Waals surface area (Å²) in [4.78, 5) is 10.1. The van der Waals surface area contributed by atoms with E-state index in [9.17, 15) is 4.79 Å². The van der Waals surface area contributed by atoms with Gasteiger partial charge in [0.05, 0.1) is 0 Å². The average molecular weight is 100 g/mol. The molecule has 0 aromatic rings. The van der Waals surface area contributed by atoms with E-state index in [1.165, 1.54) is 0 Å². The minimum Gasteiger partial charge on any atom is -0.316 e. The predicted octanol–water partition coefficient (Wildman–Crippen LogP) is -0.205. The Bertz CT molecular complexity index is 101. The molecule has 0 unspecified atom stereocenters. The monoisotopic (exact) mass is 100 g/mol. The summed E-state index contributed by atoms with van der Waals surface area (Å²) in [6.45, 7) is 1.84. The quantitative estimate of drug-likeness (QED) is 0.487. The van der Waals surface area contributed by atoms with Crippen molar-refractivity contribution in [1.82, 2.24) is 5.32 Å². The second-order valence-corrected chi connectivity index (χ2v) is 1.87. The Morgan fingerprint density at radius 2 is 2.71 bits per heavy atom. The van der Waals surface area contributed by atoms with Gasteiger partial charge >= 0.3 is 0 Å². The lowest BCUT2D eigenvalue weighted by atomic mass is 10.0. The van der Waals surface area contributed by atoms with Crippen LogP contribution in [-0.4, -0.2) is 19.4 Å². The van der Waals surface area contributed by atoms with Crippen LogP contribution >= 0.6 is 0 Å². The summed E-state index contributed by atoms with van der Waals surface area (Å²) in [7, 11) is 0. The second-order valence-electron chi connectivity index (χ2n) is 1.87. The molecular weight excluding hydrogens is 90.1 g/mol. The molecule has 0 aromatic heterocycles. The topological polar surface area (TPSA) is 29.1 Å². The maximum Gasteiger partial charge on any atom is 0.120 e. The standard InChI is InChI=1S/C5H9NO/c7-2-1-5-3-6-4-5/h2,5-6H,1,3-4H2/i2D. The lowest BCUT2D eigenvalue weighted by Gasteiger charge is -2.24. The number of hydrogen-bond acceptors (Lipinski definition) is 2. The second kappa shape index (κ2) is 2.07. The van der Waals surface area contributed by atoms with Crippen LogP contribution in [0.1, 0.15) is 7.79 Å². The highest BCUT2D eigenvalue weighted by molar-refractivity contribution is 5.50. The summed E-state index contributed by atoms with van der Waals surface area (Å²) in [5, 5.41) is 3.03. The van der Waals surface area contributed by atoms with Gasteiger partial charge in [-0.15, -0.1) is 0 Å². The number of aldehydes is 1. The van der Waals surface area contributed by atoms with Crippen molar-refractivity contribution in [2.45, 2.75) is 6.42 Å². The Morgan fingerprint density at radius 3 is 2.86 bits per heavy atom. The van der Waals surface area contributed by atoms with Crippen LogP contribution in [0.4, 0.5) is 0 Å². The van der Waals surface area contributed by atoms with Crippen LogP contribution in [-0.2, 0) is 4.79 Å². The van der Waals surface area contributed by atoms with Crippen LogP contribution < -0.4 is 5.32 Å². The predicted molar refractivity (Wildman–Crippen MR) is 27.0 cm³/mol. The van der Waals surface area contributed by atoms with E-state index in [-0.39, 0.29) is 0 Å². The van der Waals surface area contributed by atoms with Crippen LogP contribution in [0, 0.1) is 5.92 Å². The van der Waals surface area contributed by atoms with Crippen molar-refractivity contribution in [3.8, 4) is 0 Å². The summed E-state index contributed by atoms with van der Waals surface area (Å²) < 4.78 is 6.58. The Hall–Kier alpha value is -0.370. The van der Waals surface area contributed by atoms with Crippen molar-refractivity contribution in [2.75, 3.05) is 13.1 Å². The van der Waals surface area contributed by atoms with Gasteiger partial charge in [-0.2, -0.15) is 0 Å². The van der Waals surface area contributed by atoms with Crippen LogP contribution in [0.5, 0.6) is 0 Å². The first-order valence-electron chi connectivity index (χ1n) is 2.99. The van der Waals surface area contributed by atoms with Crippen molar-refractivity contribution in [1.29, 1.82) is 0 Å². The molecule has 1 aliphatic heterocycles. The molecule has 1 heterocycles. The van der Waals surface area contributed by atoms with E-state index in [4.69, 9.17) is 1.37 Å². The molecule has 7 heavy (non-hydrogen) atoms. The lowest BCUT2D eigenvalue weighted by molar-refractivity contribution is -0.108. The van der Waals surface area contributed by atoms with Gasteiger partial charge < -0.3 is 10.1 Å². The fourth-order valence-corrected chi connectivity index (χ4v) is 0.611. The Morgan fingerprint density at radius 1 is 2.00 bits per heavy atom. The van der Waals surface area contributed by atoms with Gasteiger partial charge in [0.1, 0.15) is 7.63 Å². The van der Waals surface area contributed by atoms with E-state index in [2.05, 4.69) is 5.32 Å². The SMILES string of the molecule is [2H]C(=O)CC1CNC1. The van der Waals surface area contributed by atoms with Crippen molar-refractivity contribution >= 4 is 6.26 Å². The highest BCUT2D eigenvalue weighted by Crippen LogP contribution is 2.04. The number of nitrogens with one attached hydrogen (secondary N) is 1. The molecule has 0 amide bonds. The summed E-state index contributed by atoms with van der Waals surface area (Å²) in [5.74, 6) is 0.458. The Balaban J connectivity index is 2.09. The Kier molecular flexibility index (Phi) is 1.07. The molecule has 0 radical (unpaired) electrons. The summed E-state index contributed by atoms with van der Waals surface area (Å²) in [6.07, 6.45) is 0.00370. The summed E-state index contributed by atoms with van der Waals surface area (Å²) in [5.41, 5.74) is 0. The normalized spacial score (nSPS) is 23.1. The Labute approximate surface area is 44.3 Å². The van der Waals surface area contributed by atoms with E-state index < -0.39 is 6.26 Å². The molecule has 0 atom stereocenters. The van der Waals surface area contributed by atoms with Crippen LogP contribution in [0.25, 0.3) is 0 Å². The first-order chi connectivity index (χ1) is 3.79. The molecule has 2 nitrogen and oxygen atoms in total. The highest BCUT2D eigenvalue weighted by Gasteiger charge is 2.14. The van der Waals surface area contributed by atoms with E-state index in [1.807, 2.05) is 0 Å². The van der Waals surface area contributed by atoms with Crippen molar-refractivity contribution < 1.29 is 6.17 Å². The van der Waals surface area contributed by atoms with Crippen LogP contribution in [0.2, 0.25) is 0 Å². The average Bonchev–Trinajstić information content (AvgIpc) is 1.55. The van der Waals surface area contributed by atoms with Gasteiger partial charge in [-0.05, 0) is 19.0 Å². The molecule has 2 heteroatoms. The molecule has 1 rings (SSSR count). The molecular formula is C5H9NO. The number of rotatable bonds is 2. The van der Waals surface area contributed by atoms with Crippen molar-refractivity contribution in [2.24, 2.45) is 5.92 Å². The van der Waals surface area contributed by atoms with Crippen LogP contribution in [0.15, 0.2) is 0 Å². The largest absolute Gasteiger partial charge is 0.316 e. The molecule has 40 valence electrons. The smallest absolute Gasteiger partial charge is 0.120 e. The zero-order chi connectivity index (χ0) is 5.98. The number of carbonyl (C=O) groups is 1. The van der Waals surface area contributed by atoms with E-state index >= 15 is 0 Å². The van der Waals surface area contributed by atoms with Crippen molar-refractivity contribution in [3.63, 3.8) is 0 Å². The van der Waals surface area contributed by atoms with Gasteiger partial charge in [0.25, 0.3) is 0 Å². The molecule has 0 bridgehead atoms. The highest BCUT2D eigenvalue weighted by atomic mass is 16.1. The van der Waals surface area contributed by atoms with Gasteiger partial charge in [-0.3, -0.25) is 0 Å². The number of carbonyl (C=O) groups excluding carboxylic acids is 1. The van der Waals surface area contributed by atoms with Gasteiger partial charge in [-0.1, -0.05) is 0 Å². The van der Waals surface area contributed by atoms with Gasteiger partial charge in [0.15, 0.2) is 0 Å². The fraction of sp³-hybridized carbons (Fsp3) is 0.800. The minimum atomic E-state index is -0.434. The van der Waals surface area contributed by atoms with Crippen LogP contribution in [0.3, 0.4) is 0 Å². The molecule has 1 N–H and O–H groups in total.